The molecule has 0 aliphatic carbocycles. The number of imidazole rings is 1. The fourth-order valence-electron chi connectivity index (χ4n) is 1.78. The number of benzene rings is 1. The van der Waals surface area contributed by atoms with Crippen LogP contribution in [0.1, 0.15) is 5.56 Å². The van der Waals surface area contributed by atoms with Crippen molar-refractivity contribution in [3.63, 3.8) is 0 Å². The minimum absolute atomic E-state index is 0.0884. The minimum atomic E-state index is -0.0884. The van der Waals surface area contributed by atoms with E-state index in [-0.39, 0.29) is 6.61 Å². The Kier molecular flexibility index (Phi) is 3.18. The van der Waals surface area contributed by atoms with E-state index < -0.39 is 0 Å². The molecule has 0 saturated carbocycles. The predicted octanol–water partition coefficient (Wildman–Crippen LogP) is 2.78. The van der Waals surface area contributed by atoms with Gasteiger partial charge < -0.3 is 9.84 Å². The molecule has 1 N–H and O–H groups in total. The average molecular weight is 320 g/mol. The molecule has 6 heteroatoms. The number of hydrogen-bond donors (Lipinski definition) is 1. The highest BCUT2D eigenvalue weighted by Gasteiger charge is 2.10. The number of halogens is 1. The van der Waals surface area contributed by atoms with Crippen LogP contribution in [-0.2, 0) is 6.61 Å². The molecule has 3 rings (SSSR count). The molecule has 19 heavy (non-hydrogen) atoms. The molecule has 96 valence electrons. The highest BCUT2D eigenvalue weighted by molar-refractivity contribution is 9.10. The molecule has 0 unspecified atom stereocenters. The molecule has 5 nitrogen and oxygen atoms in total. The van der Waals surface area contributed by atoms with E-state index in [0.29, 0.717) is 27.4 Å². The summed E-state index contributed by atoms with van der Waals surface area (Å²) in [6.45, 7) is -0.0884. The molecule has 0 atom stereocenters. The Morgan fingerprint density at radius 1 is 1.32 bits per heavy atom. The molecule has 1 aromatic carbocycles. The summed E-state index contributed by atoms with van der Waals surface area (Å²) >= 11 is 3.33. The maximum Gasteiger partial charge on any atom is 0.264 e. The van der Waals surface area contributed by atoms with E-state index in [9.17, 15) is 5.11 Å². The van der Waals surface area contributed by atoms with Gasteiger partial charge in [0.2, 0.25) is 5.65 Å². The molecular weight excluding hydrogens is 310 g/mol. The SMILES string of the molecule is OCc1ccccc1Oc1nc(Br)cn2ccnc12. The van der Waals surface area contributed by atoms with Crippen LogP contribution in [-0.4, -0.2) is 19.5 Å². The van der Waals surface area contributed by atoms with Crippen LogP contribution >= 0.6 is 15.9 Å². The number of ether oxygens (including phenoxy) is 1. The lowest BCUT2D eigenvalue weighted by Gasteiger charge is -2.09. The summed E-state index contributed by atoms with van der Waals surface area (Å²) in [5.41, 5.74) is 1.32. The van der Waals surface area contributed by atoms with Crippen molar-refractivity contribution in [2.75, 3.05) is 0 Å². The van der Waals surface area contributed by atoms with E-state index >= 15 is 0 Å². The van der Waals surface area contributed by atoms with Crippen molar-refractivity contribution in [1.29, 1.82) is 0 Å². The van der Waals surface area contributed by atoms with Crippen LogP contribution in [0.3, 0.4) is 0 Å². The van der Waals surface area contributed by atoms with Gasteiger partial charge in [-0.05, 0) is 22.0 Å². The summed E-state index contributed by atoms with van der Waals surface area (Å²) in [5, 5.41) is 9.29. The van der Waals surface area contributed by atoms with Crippen molar-refractivity contribution in [2.45, 2.75) is 6.61 Å². The molecule has 0 radical (unpaired) electrons. The summed E-state index contributed by atoms with van der Waals surface area (Å²) in [5.74, 6) is 0.959. The number of rotatable bonds is 3. The number of aliphatic hydroxyl groups excluding tert-OH is 1. The third-order valence-electron chi connectivity index (χ3n) is 2.66. The van der Waals surface area contributed by atoms with E-state index in [2.05, 4.69) is 25.9 Å². The van der Waals surface area contributed by atoms with Crippen LogP contribution in [0.4, 0.5) is 0 Å². The smallest absolute Gasteiger partial charge is 0.264 e. The topological polar surface area (TPSA) is 59.7 Å². The molecule has 2 aromatic heterocycles. The number of para-hydroxylation sites is 1. The van der Waals surface area contributed by atoms with Crippen molar-refractivity contribution in [3.05, 3.63) is 53.0 Å². The Bertz CT molecular complexity index is 727. The van der Waals surface area contributed by atoms with E-state index in [0.717, 1.165) is 0 Å². The normalized spacial score (nSPS) is 10.8. The molecule has 0 aliphatic heterocycles. The second-order valence-electron chi connectivity index (χ2n) is 3.89. The molecule has 0 fully saturated rings. The molecule has 0 aliphatic rings. The molecular formula is C13H10BrN3O2. The van der Waals surface area contributed by atoms with Crippen LogP contribution in [0.5, 0.6) is 11.6 Å². The number of hydrogen-bond acceptors (Lipinski definition) is 4. The Hall–Kier alpha value is -1.92. The Morgan fingerprint density at radius 2 is 2.16 bits per heavy atom. The van der Waals surface area contributed by atoms with Gasteiger partial charge in [0, 0.05) is 24.2 Å². The van der Waals surface area contributed by atoms with Gasteiger partial charge in [-0.2, -0.15) is 0 Å². The number of fused-ring (bicyclic) bond motifs is 1. The fraction of sp³-hybridized carbons (Fsp3) is 0.0769. The lowest BCUT2D eigenvalue weighted by molar-refractivity contribution is 0.276. The van der Waals surface area contributed by atoms with E-state index in [1.807, 2.05) is 22.7 Å². The molecule has 3 aromatic rings. The third-order valence-corrected chi connectivity index (χ3v) is 3.05. The van der Waals surface area contributed by atoms with Crippen LogP contribution in [0.25, 0.3) is 5.65 Å². The minimum Gasteiger partial charge on any atom is -0.436 e. The van der Waals surface area contributed by atoms with Gasteiger partial charge in [0.1, 0.15) is 10.4 Å². The lowest BCUT2D eigenvalue weighted by atomic mass is 10.2. The molecule has 0 amide bonds. The van der Waals surface area contributed by atoms with Gasteiger partial charge in [-0.3, -0.25) is 4.40 Å². The summed E-state index contributed by atoms with van der Waals surface area (Å²) in [4.78, 5) is 8.48. The second kappa shape index (κ2) is 4.99. The van der Waals surface area contributed by atoms with Gasteiger partial charge in [-0.1, -0.05) is 18.2 Å². The number of nitrogens with zero attached hydrogens (tertiary/aromatic N) is 3. The number of aromatic nitrogens is 3. The average Bonchev–Trinajstić information content (AvgIpc) is 2.87. The first kappa shape index (κ1) is 12.1. The van der Waals surface area contributed by atoms with E-state index in [1.165, 1.54) is 0 Å². The molecule has 2 heterocycles. The zero-order chi connectivity index (χ0) is 13.2. The van der Waals surface area contributed by atoms with Gasteiger partial charge in [0.05, 0.1) is 6.61 Å². The maximum absolute atomic E-state index is 9.29. The van der Waals surface area contributed by atoms with Gasteiger partial charge in [0.15, 0.2) is 0 Å². The largest absolute Gasteiger partial charge is 0.436 e. The van der Waals surface area contributed by atoms with Crippen molar-refractivity contribution in [3.8, 4) is 11.6 Å². The second-order valence-corrected chi connectivity index (χ2v) is 4.71. The van der Waals surface area contributed by atoms with Gasteiger partial charge in [-0.25, -0.2) is 9.97 Å². The monoisotopic (exact) mass is 319 g/mol. The predicted molar refractivity (Wildman–Crippen MR) is 73.1 cm³/mol. The van der Waals surface area contributed by atoms with Crippen molar-refractivity contribution >= 4 is 21.6 Å². The van der Waals surface area contributed by atoms with E-state index in [4.69, 9.17) is 4.74 Å². The first-order valence-electron chi connectivity index (χ1n) is 5.64. The van der Waals surface area contributed by atoms with Crippen LogP contribution < -0.4 is 4.74 Å². The summed E-state index contributed by atoms with van der Waals surface area (Å²) in [6.07, 6.45) is 5.29. The standard InChI is InChI=1S/C13H10BrN3O2/c14-11-7-17-6-5-15-12(17)13(16-11)19-10-4-2-1-3-9(10)8-18/h1-7,18H,8H2. The molecule has 0 bridgehead atoms. The quantitative estimate of drug-likeness (QED) is 0.806. The highest BCUT2D eigenvalue weighted by atomic mass is 79.9. The van der Waals surface area contributed by atoms with Crippen LogP contribution in [0.15, 0.2) is 47.5 Å². The number of aliphatic hydroxyl groups is 1. The van der Waals surface area contributed by atoms with Gasteiger partial charge in [-0.15, -0.1) is 0 Å². The van der Waals surface area contributed by atoms with Crippen molar-refractivity contribution in [2.24, 2.45) is 0 Å². The summed E-state index contributed by atoms with van der Waals surface area (Å²) in [6, 6.07) is 7.27. The zero-order valence-electron chi connectivity index (χ0n) is 9.82. The summed E-state index contributed by atoms with van der Waals surface area (Å²) in [7, 11) is 0. The first-order valence-corrected chi connectivity index (χ1v) is 6.43. The Balaban J connectivity index is 2.07. The molecule has 0 spiro atoms. The van der Waals surface area contributed by atoms with Crippen LogP contribution in [0.2, 0.25) is 0 Å². The van der Waals surface area contributed by atoms with Gasteiger partial charge in [0.25, 0.3) is 5.88 Å². The summed E-state index contributed by atoms with van der Waals surface area (Å²) < 4.78 is 8.23. The maximum atomic E-state index is 9.29. The third kappa shape index (κ3) is 2.32. The Labute approximate surface area is 117 Å². The van der Waals surface area contributed by atoms with Crippen LogP contribution in [0, 0.1) is 0 Å². The van der Waals surface area contributed by atoms with Crippen molar-refractivity contribution in [1.82, 2.24) is 14.4 Å². The van der Waals surface area contributed by atoms with E-state index in [1.54, 1.807) is 24.5 Å². The lowest BCUT2D eigenvalue weighted by Crippen LogP contribution is -1.97. The Morgan fingerprint density at radius 3 is 3.00 bits per heavy atom. The highest BCUT2D eigenvalue weighted by Crippen LogP contribution is 2.27. The van der Waals surface area contributed by atoms with Crippen molar-refractivity contribution < 1.29 is 9.84 Å². The first-order chi connectivity index (χ1) is 9.28. The zero-order valence-corrected chi connectivity index (χ0v) is 11.4. The molecule has 0 saturated heterocycles. The van der Waals surface area contributed by atoms with Gasteiger partial charge >= 0.3 is 0 Å². The fourth-order valence-corrected chi connectivity index (χ4v) is 2.16.